The summed E-state index contributed by atoms with van der Waals surface area (Å²) in [4.78, 5) is 14.3. The zero-order valence-electron chi connectivity index (χ0n) is 12.1. The average Bonchev–Trinajstić information content (AvgIpc) is 2.91. The predicted octanol–water partition coefficient (Wildman–Crippen LogP) is 2.26. The van der Waals surface area contributed by atoms with Gasteiger partial charge in [-0.1, -0.05) is 48.5 Å². The zero-order valence-corrected chi connectivity index (χ0v) is 12.9. The van der Waals surface area contributed by atoms with E-state index in [1.165, 1.54) is 0 Å². The first-order valence-electron chi connectivity index (χ1n) is 7.21. The van der Waals surface area contributed by atoms with Crippen molar-refractivity contribution < 1.29 is 13.2 Å². The lowest BCUT2D eigenvalue weighted by atomic mass is 10.2. The van der Waals surface area contributed by atoms with Gasteiger partial charge in [0, 0.05) is 13.1 Å². The van der Waals surface area contributed by atoms with E-state index in [0.717, 1.165) is 5.56 Å². The van der Waals surface area contributed by atoms with Crippen LogP contribution >= 0.6 is 0 Å². The van der Waals surface area contributed by atoms with E-state index in [1.807, 2.05) is 30.3 Å². The second kappa shape index (κ2) is 5.93. The van der Waals surface area contributed by atoms with Crippen LogP contribution in [0.2, 0.25) is 0 Å². The Balaban J connectivity index is 1.79. The van der Waals surface area contributed by atoms with E-state index in [-0.39, 0.29) is 10.8 Å². The number of carbonyl (C=O) groups excluding carboxylic acids is 1. The van der Waals surface area contributed by atoms with Crippen molar-refractivity contribution >= 4 is 15.7 Å². The Kier molecular flexibility index (Phi) is 3.98. The van der Waals surface area contributed by atoms with Crippen LogP contribution < -0.4 is 0 Å². The second-order valence-electron chi connectivity index (χ2n) is 5.38. The number of amides is 1. The highest BCUT2D eigenvalue weighted by atomic mass is 32.2. The fraction of sp³-hybridized carbons (Fsp3) is 0.235. The van der Waals surface area contributed by atoms with Crippen molar-refractivity contribution in [2.45, 2.75) is 23.1 Å². The second-order valence-corrected chi connectivity index (χ2v) is 7.51. The Hall–Kier alpha value is -2.14. The van der Waals surface area contributed by atoms with Gasteiger partial charge < -0.3 is 4.90 Å². The highest BCUT2D eigenvalue weighted by molar-refractivity contribution is 7.92. The first-order chi connectivity index (χ1) is 10.6. The van der Waals surface area contributed by atoms with Crippen LogP contribution in [0.25, 0.3) is 0 Å². The molecule has 1 heterocycles. The summed E-state index contributed by atoms with van der Waals surface area (Å²) in [6.45, 7) is 0.935. The molecule has 1 atom stereocenters. The summed E-state index contributed by atoms with van der Waals surface area (Å²) >= 11 is 0. The van der Waals surface area contributed by atoms with E-state index >= 15 is 0 Å². The van der Waals surface area contributed by atoms with E-state index in [9.17, 15) is 13.2 Å². The Morgan fingerprint density at radius 2 is 1.55 bits per heavy atom. The number of benzene rings is 2. The molecule has 5 heteroatoms. The number of sulfone groups is 1. The topological polar surface area (TPSA) is 54.5 Å². The van der Waals surface area contributed by atoms with E-state index in [0.29, 0.717) is 19.5 Å². The summed E-state index contributed by atoms with van der Waals surface area (Å²) in [7, 11) is -3.60. The molecular formula is C17H17NO3S. The van der Waals surface area contributed by atoms with Crippen LogP contribution in [0.1, 0.15) is 12.0 Å². The fourth-order valence-electron chi connectivity index (χ4n) is 2.73. The molecule has 0 radical (unpaired) electrons. The summed E-state index contributed by atoms with van der Waals surface area (Å²) in [5, 5.41) is -0.960. The third-order valence-corrected chi connectivity index (χ3v) is 6.03. The van der Waals surface area contributed by atoms with Gasteiger partial charge in [-0.25, -0.2) is 8.42 Å². The highest BCUT2D eigenvalue weighted by Gasteiger charge is 2.41. The lowest BCUT2D eigenvalue weighted by molar-refractivity contribution is -0.127. The summed E-state index contributed by atoms with van der Waals surface area (Å²) in [5.74, 6) is -0.298. The molecule has 2 aromatic rings. The lowest BCUT2D eigenvalue weighted by Crippen LogP contribution is -2.33. The van der Waals surface area contributed by atoms with Crippen LogP contribution in [0.3, 0.4) is 0 Å². The van der Waals surface area contributed by atoms with Crippen LogP contribution in [0.15, 0.2) is 65.6 Å². The standard InChI is InChI=1S/C17H17NO3S/c19-17-16(22(20,21)15-9-5-2-6-10-15)11-12-18(17)13-14-7-3-1-4-8-14/h1-10,16H,11-13H2/t16-/m0/s1. The Labute approximate surface area is 130 Å². The quantitative estimate of drug-likeness (QED) is 0.869. The van der Waals surface area contributed by atoms with Crippen LogP contribution in [-0.4, -0.2) is 31.0 Å². The van der Waals surface area contributed by atoms with Crippen molar-refractivity contribution in [3.8, 4) is 0 Å². The maximum absolute atomic E-state index is 12.6. The van der Waals surface area contributed by atoms with E-state index in [1.54, 1.807) is 35.2 Å². The van der Waals surface area contributed by atoms with Crippen LogP contribution in [0.5, 0.6) is 0 Å². The van der Waals surface area contributed by atoms with E-state index in [2.05, 4.69) is 0 Å². The molecule has 0 N–H and O–H groups in total. The lowest BCUT2D eigenvalue weighted by Gasteiger charge is -2.17. The highest BCUT2D eigenvalue weighted by Crippen LogP contribution is 2.26. The minimum atomic E-state index is -3.60. The molecule has 1 amide bonds. The van der Waals surface area contributed by atoms with Gasteiger partial charge in [0.05, 0.1) is 4.90 Å². The Morgan fingerprint density at radius 1 is 0.955 bits per heavy atom. The first kappa shape index (κ1) is 14.8. The molecule has 0 bridgehead atoms. The number of hydrogen-bond acceptors (Lipinski definition) is 3. The number of carbonyl (C=O) groups is 1. The summed E-state index contributed by atoms with van der Waals surface area (Å²) in [6, 6.07) is 17.8. The molecule has 22 heavy (non-hydrogen) atoms. The van der Waals surface area contributed by atoms with Crippen molar-refractivity contribution in [1.82, 2.24) is 4.90 Å². The SMILES string of the molecule is O=C1[C@@H](S(=O)(=O)c2ccccc2)CCN1Cc1ccccc1. The fourth-order valence-corrected chi connectivity index (χ4v) is 4.43. The normalized spacial score (nSPS) is 18.6. The molecule has 1 aliphatic heterocycles. The first-order valence-corrected chi connectivity index (χ1v) is 8.75. The van der Waals surface area contributed by atoms with Gasteiger partial charge in [0.15, 0.2) is 9.84 Å². The third kappa shape index (κ3) is 2.76. The number of rotatable bonds is 4. The van der Waals surface area contributed by atoms with Crippen molar-refractivity contribution in [3.63, 3.8) is 0 Å². The minimum Gasteiger partial charge on any atom is -0.337 e. The predicted molar refractivity (Wildman–Crippen MR) is 83.9 cm³/mol. The van der Waals surface area contributed by atoms with Gasteiger partial charge in [-0.05, 0) is 24.1 Å². The molecular weight excluding hydrogens is 298 g/mol. The third-order valence-electron chi connectivity index (χ3n) is 3.91. The van der Waals surface area contributed by atoms with Crippen molar-refractivity contribution in [3.05, 3.63) is 66.2 Å². The molecule has 0 unspecified atom stereocenters. The van der Waals surface area contributed by atoms with Gasteiger partial charge in [-0.15, -0.1) is 0 Å². The van der Waals surface area contributed by atoms with E-state index in [4.69, 9.17) is 0 Å². The molecule has 0 saturated carbocycles. The number of nitrogens with zero attached hydrogens (tertiary/aromatic N) is 1. The molecule has 114 valence electrons. The van der Waals surface area contributed by atoms with Crippen LogP contribution in [0.4, 0.5) is 0 Å². The van der Waals surface area contributed by atoms with Gasteiger partial charge in [0.1, 0.15) is 5.25 Å². The van der Waals surface area contributed by atoms with Crippen molar-refractivity contribution in [1.29, 1.82) is 0 Å². The number of likely N-dealkylation sites (tertiary alicyclic amines) is 1. The largest absolute Gasteiger partial charge is 0.337 e. The number of hydrogen-bond donors (Lipinski definition) is 0. The maximum atomic E-state index is 12.6. The minimum absolute atomic E-state index is 0.218. The van der Waals surface area contributed by atoms with E-state index < -0.39 is 15.1 Å². The Morgan fingerprint density at radius 3 is 2.18 bits per heavy atom. The average molecular weight is 315 g/mol. The van der Waals surface area contributed by atoms with Gasteiger partial charge in [0.2, 0.25) is 5.91 Å². The zero-order chi connectivity index (χ0) is 15.6. The van der Waals surface area contributed by atoms with Gasteiger partial charge >= 0.3 is 0 Å². The van der Waals surface area contributed by atoms with Crippen LogP contribution in [0, 0.1) is 0 Å². The maximum Gasteiger partial charge on any atom is 0.241 e. The van der Waals surface area contributed by atoms with Gasteiger partial charge in [-0.3, -0.25) is 4.79 Å². The Bertz CT molecular complexity index is 757. The monoisotopic (exact) mass is 315 g/mol. The summed E-state index contributed by atoms with van der Waals surface area (Å²) in [5.41, 5.74) is 1.01. The summed E-state index contributed by atoms with van der Waals surface area (Å²) < 4.78 is 25.2. The molecule has 0 aliphatic carbocycles. The molecule has 4 nitrogen and oxygen atoms in total. The molecule has 3 rings (SSSR count). The van der Waals surface area contributed by atoms with Crippen molar-refractivity contribution in [2.24, 2.45) is 0 Å². The molecule has 0 aromatic heterocycles. The summed E-state index contributed by atoms with van der Waals surface area (Å²) in [6.07, 6.45) is 0.350. The molecule has 1 fully saturated rings. The smallest absolute Gasteiger partial charge is 0.241 e. The molecule has 1 saturated heterocycles. The van der Waals surface area contributed by atoms with Gasteiger partial charge in [0.25, 0.3) is 0 Å². The van der Waals surface area contributed by atoms with Gasteiger partial charge in [-0.2, -0.15) is 0 Å². The van der Waals surface area contributed by atoms with Crippen molar-refractivity contribution in [2.75, 3.05) is 6.54 Å². The molecule has 1 aliphatic rings. The van der Waals surface area contributed by atoms with Crippen LogP contribution in [-0.2, 0) is 21.2 Å². The molecule has 0 spiro atoms. The molecule has 2 aromatic carbocycles.